The number of carbonyl (C=O) groups is 1. The Labute approximate surface area is 153 Å². The van der Waals surface area contributed by atoms with Crippen LogP contribution in [0.4, 0.5) is 4.39 Å². The van der Waals surface area contributed by atoms with Gasteiger partial charge in [-0.3, -0.25) is 9.78 Å². The van der Waals surface area contributed by atoms with Crippen molar-refractivity contribution in [1.82, 2.24) is 4.98 Å². The number of esters is 1. The Balaban J connectivity index is 1.56. The third-order valence-electron chi connectivity index (χ3n) is 6.10. The van der Waals surface area contributed by atoms with Crippen molar-refractivity contribution in [3.8, 4) is 0 Å². The fourth-order valence-electron chi connectivity index (χ4n) is 4.72. The van der Waals surface area contributed by atoms with Gasteiger partial charge in [0, 0.05) is 11.6 Å². The molecule has 0 N–H and O–H groups in total. The van der Waals surface area contributed by atoms with E-state index in [1.165, 1.54) is 11.6 Å². The molecule has 0 radical (unpaired) electrons. The minimum Gasteiger partial charge on any atom is -0.466 e. The highest BCUT2D eigenvalue weighted by Crippen LogP contribution is 2.50. The van der Waals surface area contributed by atoms with Crippen LogP contribution in [-0.4, -0.2) is 17.6 Å². The fourth-order valence-corrected chi connectivity index (χ4v) is 4.72. The standard InChI is InChI=1S/C22H24FNO2/c1-3-26-22(25)13(2)14-8-15-10-17(11-16(15)9-14)19-6-7-24-21-5-4-18(23)12-20(19)21/h4-7,10,12-16H,3,8-9,11H2,1-2H3/t13?,14?,15-,16+/m1/s1. The number of ether oxygens (including phenoxy) is 1. The minimum absolute atomic E-state index is 0.0340. The van der Waals surface area contributed by atoms with Crippen molar-refractivity contribution in [3.63, 3.8) is 0 Å². The third kappa shape index (κ3) is 3.02. The molecule has 4 atom stereocenters. The van der Waals surface area contributed by atoms with E-state index in [1.807, 2.05) is 19.9 Å². The minimum atomic E-state index is -0.228. The quantitative estimate of drug-likeness (QED) is 0.726. The van der Waals surface area contributed by atoms with Crippen molar-refractivity contribution in [2.45, 2.75) is 33.1 Å². The number of benzene rings is 1. The third-order valence-corrected chi connectivity index (χ3v) is 6.10. The van der Waals surface area contributed by atoms with E-state index in [1.54, 1.807) is 18.3 Å². The van der Waals surface area contributed by atoms with E-state index in [0.29, 0.717) is 24.4 Å². The number of rotatable bonds is 4. The van der Waals surface area contributed by atoms with Crippen LogP contribution in [0.2, 0.25) is 0 Å². The van der Waals surface area contributed by atoms with Crippen LogP contribution in [0.15, 0.2) is 36.5 Å². The van der Waals surface area contributed by atoms with E-state index in [0.717, 1.165) is 35.7 Å². The summed E-state index contributed by atoms with van der Waals surface area (Å²) in [6.07, 6.45) is 7.23. The van der Waals surface area contributed by atoms with Crippen LogP contribution in [0.5, 0.6) is 0 Å². The second-order valence-electron chi connectivity index (χ2n) is 7.61. The first-order valence-electron chi connectivity index (χ1n) is 9.48. The lowest BCUT2D eigenvalue weighted by atomic mass is 9.89. The molecule has 0 saturated heterocycles. The summed E-state index contributed by atoms with van der Waals surface area (Å²) in [6.45, 7) is 4.29. The zero-order chi connectivity index (χ0) is 18.3. The van der Waals surface area contributed by atoms with Gasteiger partial charge in [-0.05, 0) is 79.3 Å². The maximum absolute atomic E-state index is 13.7. The van der Waals surface area contributed by atoms with Crippen molar-refractivity contribution in [1.29, 1.82) is 0 Å². The van der Waals surface area contributed by atoms with Gasteiger partial charge in [-0.2, -0.15) is 0 Å². The molecule has 136 valence electrons. The Morgan fingerprint density at radius 1 is 1.35 bits per heavy atom. The first-order chi connectivity index (χ1) is 12.6. The van der Waals surface area contributed by atoms with Gasteiger partial charge in [0.25, 0.3) is 0 Å². The van der Waals surface area contributed by atoms with Gasteiger partial charge in [0.1, 0.15) is 5.82 Å². The van der Waals surface area contributed by atoms with Gasteiger partial charge in [0.05, 0.1) is 18.0 Å². The van der Waals surface area contributed by atoms with E-state index < -0.39 is 0 Å². The summed E-state index contributed by atoms with van der Waals surface area (Å²) in [5, 5.41) is 0.884. The monoisotopic (exact) mass is 353 g/mol. The highest BCUT2D eigenvalue weighted by Gasteiger charge is 2.41. The molecule has 0 spiro atoms. The molecule has 0 amide bonds. The van der Waals surface area contributed by atoms with Gasteiger partial charge in [0.2, 0.25) is 0 Å². The molecule has 1 aromatic carbocycles. The van der Waals surface area contributed by atoms with Crippen molar-refractivity contribution in [2.24, 2.45) is 23.7 Å². The van der Waals surface area contributed by atoms with E-state index in [-0.39, 0.29) is 17.7 Å². The molecule has 2 aliphatic carbocycles. The molecule has 4 heteroatoms. The molecule has 2 aliphatic rings. The highest BCUT2D eigenvalue weighted by atomic mass is 19.1. The van der Waals surface area contributed by atoms with Crippen molar-refractivity contribution in [3.05, 3.63) is 47.9 Å². The Morgan fingerprint density at radius 2 is 2.19 bits per heavy atom. The number of pyridine rings is 1. The molecule has 0 aliphatic heterocycles. The number of halogens is 1. The predicted octanol–water partition coefficient (Wildman–Crippen LogP) is 5.00. The van der Waals surface area contributed by atoms with E-state index in [4.69, 9.17) is 4.74 Å². The summed E-state index contributed by atoms with van der Waals surface area (Å²) >= 11 is 0. The lowest BCUT2D eigenvalue weighted by Crippen LogP contribution is -2.22. The maximum atomic E-state index is 13.7. The first-order valence-corrected chi connectivity index (χ1v) is 9.48. The molecule has 4 rings (SSSR count). The van der Waals surface area contributed by atoms with Gasteiger partial charge in [-0.1, -0.05) is 13.0 Å². The predicted molar refractivity (Wildman–Crippen MR) is 99.8 cm³/mol. The molecular formula is C22H24FNO2. The fraction of sp³-hybridized carbons (Fsp3) is 0.455. The summed E-state index contributed by atoms with van der Waals surface area (Å²) in [4.78, 5) is 16.4. The Kier molecular flexibility index (Phi) is 4.51. The lowest BCUT2D eigenvalue weighted by Gasteiger charge is -2.18. The van der Waals surface area contributed by atoms with Crippen molar-refractivity contribution >= 4 is 22.4 Å². The van der Waals surface area contributed by atoms with Gasteiger partial charge < -0.3 is 4.74 Å². The van der Waals surface area contributed by atoms with Crippen molar-refractivity contribution < 1.29 is 13.9 Å². The van der Waals surface area contributed by atoms with Gasteiger partial charge in [-0.15, -0.1) is 0 Å². The number of hydrogen-bond acceptors (Lipinski definition) is 3. The smallest absolute Gasteiger partial charge is 0.308 e. The van der Waals surface area contributed by atoms with Crippen molar-refractivity contribution in [2.75, 3.05) is 6.61 Å². The largest absolute Gasteiger partial charge is 0.466 e. The molecule has 3 nitrogen and oxygen atoms in total. The summed E-state index contributed by atoms with van der Waals surface area (Å²) in [6, 6.07) is 6.77. The Hall–Kier alpha value is -2.23. The highest BCUT2D eigenvalue weighted by molar-refractivity contribution is 5.92. The van der Waals surface area contributed by atoms with E-state index in [9.17, 15) is 9.18 Å². The van der Waals surface area contributed by atoms with Gasteiger partial charge in [0.15, 0.2) is 0 Å². The second kappa shape index (κ2) is 6.82. The van der Waals surface area contributed by atoms with Crippen LogP contribution >= 0.6 is 0 Å². The number of nitrogens with zero attached hydrogens (tertiary/aromatic N) is 1. The number of fused-ring (bicyclic) bond motifs is 2. The van der Waals surface area contributed by atoms with Gasteiger partial charge >= 0.3 is 5.97 Å². The number of hydrogen-bond donors (Lipinski definition) is 0. The molecule has 1 aromatic heterocycles. The van der Waals surface area contributed by atoms with Gasteiger partial charge in [-0.25, -0.2) is 4.39 Å². The van der Waals surface area contributed by atoms with E-state index in [2.05, 4.69) is 11.1 Å². The van der Waals surface area contributed by atoms with Crippen LogP contribution < -0.4 is 0 Å². The average molecular weight is 353 g/mol. The number of aromatic nitrogens is 1. The second-order valence-corrected chi connectivity index (χ2v) is 7.61. The molecule has 2 unspecified atom stereocenters. The normalized spacial score (nSPS) is 25.8. The maximum Gasteiger partial charge on any atom is 0.308 e. The topological polar surface area (TPSA) is 39.2 Å². The van der Waals surface area contributed by atoms with Crippen LogP contribution in [-0.2, 0) is 9.53 Å². The van der Waals surface area contributed by atoms with Crippen LogP contribution in [0.1, 0.15) is 38.7 Å². The van der Waals surface area contributed by atoms with Crippen LogP contribution in [0.3, 0.4) is 0 Å². The molecular weight excluding hydrogens is 329 g/mol. The zero-order valence-corrected chi connectivity index (χ0v) is 15.2. The van der Waals surface area contributed by atoms with E-state index >= 15 is 0 Å². The summed E-state index contributed by atoms with van der Waals surface area (Å²) in [7, 11) is 0. The molecule has 0 bridgehead atoms. The number of carbonyl (C=O) groups excluding carboxylic acids is 1. The SMILES string of the molecule is CCOC(=O)C(C)C1C[C@H]2CC(c3ccnc4ccc(F)cc34)=C[C@H]2C1. The van der Waals surface area contributed by atoms with Crippen LogP contribution in [0, 0.1) is 29.5 Å². The molecule has 1 saturated carbocycles. The Bertz CT molecular complexity index is 876. The number of allylic oxidation sites excluding steroid dienone is 2. The zero-order valence-electron chi connectivity index (χ0n) is 15.2. The molecule has 2 aromatic rings. The summed E-state index contributed by atoms with van der Waals surface area (Å²) in [5.74, 6) is 1.14. The molecule has 26 heavy (non-hydrogen) atoms. The lowest BCUT2D eigenvalue weighted by molar-refractivity contribution is -0.149. The summed E-state index contributed by atoms with van der Waals surface area (Å²) in [5.41, 5.74) is 3.22. The first kappa shape index (κ1) is 17.2. The summed E-state index contributed by atoms with van der Waals surface area (Å²) < 4.78 is 18.9. The molecule has 1 heterocycles. The Morgan fingerprint density at radius 3 is 2.96 bits per heavy atom. The van der Waals surface area contributed by atoms with Crippen LogP contribution in [0.25, 0.3) is 16.5 Å². The average Bonchev–Trinajstić information content (AvgIpc) is 3.19. The molecule has 1 fully saturated rings.